The number of carbonyl (C=O) groups is 2. The van der Waals surface area contributed by atoms with Crippen LogP contribution in [0.4, 0.5) is 0 Å². The van der Waals surface area contributed by atoms with Crippen molar-refractivity contribution in [3.63, 3.8) is 0 Å². The maximum Gasteiger partial charge on any atom is 0.272 e. The number of amides is 2. The van der Waals surface area contributed by atoms with Crippen LogP contribution in [0.15, 0.2) is 6.33 Å². The molecule has 1 fully saturated rings. The standard InChI is InChI=1S/C13H20N4O7/c1-14-11(22)6-7(12(23)15-2)17(4-16-6)13-10(21)9(20)8(19)5(3-18)24-13/h4-5,8-10,13,18-21H,3H2,1-2H3,(H,14,22)(H,15,23)/t5-,8-,9+,10+,13-/m0/s1. The summed E-state index contributed by atoms with van der Waals surface area (Å²) < 4.78 is 6.46. The van der Waals surface area contributed by atoms with E-state index in [1.165, 1.54) is 14.1 Å². The Morgan fingerprint density at radius 1 is 1.17 bits per heavy atom. The molecule has 0 radical (unpaired) electrons. The van der Waals surface area contributed by atoms with Crippen molar-refractivity contribution >= 4 is 11.8 Å². The highest BCUT2D eigenvalue weighted by molar-refractivity contribution is 6.04. The lowest BCUT2D eigenvalue weighted by Gasteiger charge is -2.40. The fourth-order valence-electron chi connectivity index (χ4n) is 2.49. The third-order valence-corrected chi connectivity index (χ3v) is 3.82. The van der Waals surface area contributed by atoms with E-state index in [0.29, 0.717) is 0 Å². The zero-order chi connectivity index (χ0) is 18.0. The molecule has 0 aliphatic carbocycles. The quantitative estimate of drug-likeness (QED) is 0.328. The summed E-state index contributed by atoms with van der Waals surface area (Å²) in [4.78, 5) is 27.9. The second kappa shape index (κ2) is 7.23. The molecule has 0 saturated carbocycles. The lowest BCUT2D eigenvalue weighted by Crippen LogP contribution is -2.56. The molecular formula is C13H20N4O7. The largest absolute Gasteiger partial charge is 0.394 e. The Balaban J connectivity index is 2.49. The second-order valence-electron chi connectivity index (χ2n) is 5.23. The average Bonchev–Trinajstić information content (AvgIpc) is 3.03. The molecule has 0 unspecified atom stereocenters. The van der Waals surface area contributed by atoms with Gasteiger partial charge in [0.2, 0.25) is 0 Å². The first-order valence-electron chi connectivity index (χ1n) is 7.18. The molecule has 11 heteroatoms. The van der Waals surface area contributed by atoms with Crippen LogP contribution in [0.1, 0.15) is 27.2 Å². The van der Waals surface area contributed by atoms with Crippen molar-refractivity contribution in [2.45, 2.75) is 30.6 Å². The minimum absolute atomic E-state index is 0.193. The maximum atomic E-state index is 12.1. The van der Waals surface area contributed by atoms with Gasteiger partial charge in [0.05, 0.1) is 12.9 Å². The van der Waals surface area contributed by atoms with Crippen LogP contribution < -0.4 is 10.6 Å². The van der Waals surface area contributed by atoms with E-state index in [4.69, 9.17) is 4.74 Å². The molecule has 2 amide bonds. The number of aliphatic hydroxyl groups excluding tert-OH is 4. The molecule has 6 N–H and O–H groups in total. The third-order valence-electron chi connectivity index (χ3n) is 3.82. The van der Waals surface area contributed by atoms with Gasteiger partial charge in [-0.1, -0.05) is 0 Å². The summed E-state index contributed by atoms with van der Waals surface area (Å²) in [6, 6.07) is 0. The first-order chi connectivity index (χ1) is 11.4. The lowest BCUT2D eigenvalue weighted by atomic mass is 9.98. The van der Waals surface area contributed by atoms with Crippen LogP contribution in [0.25, 0.3) is 0 Å². The Labute approximate surface area is 136 Å². The number of ether oxygens (including phenoxy) is 1. The number of rotatable bonds is 4. The van der Waals surface area contributed by atoms with Gasteiger partial charge < -0.3 is 35.8 Å². The van der Waals surface area contributed by atoms with E-state index in [1.54, 1.807) is 0 Å². The number of nitrogens with zero attached hydrogens (tertiary/aromatic N) is 2. The molecule has 0 spiro atoms. The number of aliphatic hydroxyl groups is 4. The molecule has 24 heavy (non-hydrogen) atoms. The predicted octanol–water partition coefficient (Wildman–Crippen LogP) is -3.43. The molecule has 2 heterocycles. The number of hydrogen-bond acceptors (Lipinski definition) is 8. The van der Waals surface area contributed by atoms with Crippen LogP contribution in [0, 0.1) is 0 Å². The molecule has 1 aliphatic heterocycles. The van der Waals surface area contributed by atoms with Gasteiger partial charge >= 0.3 is 0 Å². The van der Waals surface area contributed by atoms with Gasteiger partial charge in [-0.05, 0) is 0 Å². The van der Waals surface area contributed by atoms with E-state index in [-0.39, 0.29) is 11.4 Å². The van der Waals surface area contributed by atoms with Gasteiger partial charge in [-0.15, -0.1) is 0 Å². The van der Waals surface area contributed by atoms with Crippen molar-refractivity contribution in [1.29, 1.82) is 0 Å². The molecule has 11 nitrogen and oxygen atoms in total. The van der Waals surface area contributed by atoms with Crippen LogP contribution >= 0.6 is 0 Å². The molecule has 1 saturated heterocycles. The summed E-state index contributed by atoms with van der Waals surface area (Å²) in [5.41, 5.74) is -0.394. The highest BCUT2D eigenvalue weighted by Gasteiger charge is 2.45. The van der Waals surface area contributed by atoms with Gasteiger partial charge in [0.1, 0.15) is 30.1 Å². The summed E-state index contributed by atoms with van der Waals surface area (Å²) >= 11 is 0. The third kappa shape index (κ3) is 2.99. The average molecular weight is 344 g/mol. The number of carbonyl (C=O) groups excluding carboxylic acids is 2. The van der Waals surface area contributed by atoms with Crippen LogP contribution in [0.5, 0.6) is 0 Å². The number of aromatic nitrogens is 2. The first-order valence-corrected chi connectivity index (χ1v) is 7.18. The van der Waals surface area contributed by atoms with E-state index >= 15 is 0 Å². The zero-order valence-corrected chi connectivity index (χ0v) is 13.1. The molecule has 134 valence electrons. The van der Waals surface area contributed by atoms with Gasteiger partial charge in [-0.2, -0.15) is 0 Å². The predicted molar refractivity (Wildman–Crippen MR) is 78.0 cm³/mol. The van der Waals surface area contributed by atoms with E-state index < -0.39 is 49.1 Å². The van der Waals surface area contributed by atoms with Crippen molar-refractivity contribution in [2.24, 2.45) is 0 Å². The minimum atomic E-state index is -1.62. The number of hydrogen-bond donors (Lipinski definition) is 6. The maximum absolute atomic E-state index is 12.1. The van der Waals surface area contributed by atoms with Gasteiger partial charge in [-0.25, -0.2) is 4.98 Å². The normalized spacial score (nSPS) is 30.0. The highest BCUT2D eigenvalue weighted by atomic mass is 16.6. The van der Waals surface area contributed by atoms with E-state index in [2.05, 4.69) is 15.6 Å². The first kappa shape index (κ1) is 18.3. The van der Waals surface area contributed by atoms with Crippen molar-refractivity contribution in [2.75, 3.05) is 20.7 Å². The highest BCUT2D eigenvalue weighted by Crippen LogP contribution is 2.30. The van der Waals surface area contributed by atoms with Crippen molar-refractivity contribution in [3.05, 3.63) is 17.7 Å². The van der Waals surface area contributed by atoms with Crippen LogP contribution in [-0.2, 0) is 4.74 Å². The van der Waals surface area contributed by atoms with Crippen molar-refractivity contribution in [1.82, 2.24) is 20.2 Å². The summed E-state index contributed by atoms with van der Waals surface area (Å²) in [6.07, 6.45) is -6.16. The molecule has 1 aliphatic rings. The number of nitrogens with one attached hydrogen (secondary N) is 2. The fourth-order valence-corrected chi connectivity index (χ4v) is 2.49. The SMILES string of the molecule is CNC(=O)c1ncn([C@H]2O[C@@H](CO)[C@H](O)[C@@H](O)[C@H]2O)c1C(=O)NC. The summed E-state index contributed by atoms with van der Waals surface area (Å²) in [5, 5.41) is 43.8. The smallest absolute Gasteiger partial charge is 0.272 e. The molecule has 0 bridgehead atoms. The Kier molecular flexibility index (Phi) is 5.51. The topological polar surface area (TPSA) is 166 Å². The van der Waals surface area contributed by atoms with Crippen LogP contribution in [0.3, 0.4) is 0 Å². The van der Waals surface area contributed by atoms with Crippen LogP contribution in [-0.4, -0.2) is 86.9 Å². The second-order valence-corrected chi connectivity index (χ2v) is 5.23. The van der Waals surface area contributed by atoms with E-state index in [0.717, 1.165) is 10.9 Å². The van der Waals surface area contributed by atoms with E-state index in [1.807, 2.05) is 0 Å². The molecule has 1 aromatic heterocycles. The van der Waals surface area contributed by atoms with Gasteiger partial charge in [0.25, 0.3) is 11.8 Å². The fraction of sp³-hybridized carbons (Fsp3) is 0.615. The number of imidazole rings is 1. The minimum Gasteiger partial charge on any atom is -0.394 e. The summed E-state index contributed by atoms with van der Waals surface area (Å²) in [6.45, 7) is -0.617. The summed E-state index contributed by atoms with van der Waals surface area (Å²) in [7, 11) is 2.71. The molecule has 2 rings (SSSR count). The van der Waals surface area contributed by atoms with Gasteiger partial charge in [0, 0.05) is 14.1 Å². The monoisotopic (exact) mass is 344 g/mol. The van der Waals surface area contributed by atoms with Gasteiger partial charge in [0.15, 0.2) is 11.9 Å². The van der Waals surface area contributed by atoms with Crippen molar-refractivity contribution < 1.29 is 34.8 Å². The van der Waals surface area contributed by atoms with Crippen LogP contribution in [0.2, 0.25) is 0 Å². The summed E-state index contributed by atoms with van der Waals surface area (Å²) in [5.74, 6) is -1.29. The molecule has 0 aromatic carbocycles. The van der Waals surface area contributed by atoms with E-state index in [9.17, 15) is 30.0 Å². The Hall–Kier alpha value is -2.05. The Morgan fingerprint density at radius 3 is 2.33 bits per heavy atom. The van der Waals surface area contributed by atoms with Crippen molar-refractivity contribution in [3.8, 4) is 0 Å². The lowest BCUT2D eigenvalue weighted by molar-refractivity contribution is -0.251. The molecule has 1 aromatic rings. The van der Waals surface area contributed by atoms with Gasteiger partial charge in [-0.3, -0.25) is 14.2 Å². The Morgan fingerprint density at radius 2 is 1.79 bits per heavy atom. The molecule has 5 atom stereocenters. The molecular weight excluding hydrogens is 324 g/mol. The zero-order valence-electron chi connectivity index (χ0n) is 13.1. The Bertz CT molecular complexity index is 617.